The molecule has 0 unspecified atom stereocenters. The molecule has 0 radical (unpaired) electrons. The summed E-state index contributed by atoms with van der Waals surface area (Å²) in [6.45, 7) is 8.29. The predicted molar refractivity (Wildman–Crippen MR) is 85.6 cm³/mol. The van der Waals surface area contributed by atoms with Gasteiger partial charge in [-0.05, 0) is 57.7 Å². The van der Waals surface area contributed by atoms with Crippen molar-refractivity contribution in [2.24, 2.45) is 0 Å². The minimum atomic E-state index is 0.756. The van der Waals surface area contributed by atoms with Crippen molar-refractivity contribution in [3.63, 3.8) is 0 Å². The summed E-state index contributed by atoms with van der Waals surface area (Å²) in [6, 6.07) is 5.15. The first-order valence-electron chi connectivity index (χ1n) is 8.11. The quantitative estimate of drug-likeness (QED) is 0.781. The average Bonchev–Trinajstić information content (AvgIpc) is 2.42. The smallest absolute Gasteiger partial charge is 0.125 e. The monoisotopic (exact) mass is 275 g/mol. The highest BCUT2D eigenvalue weighted by atomic mass is 16.5. The van der Waals surface area contributed by atoms with Crippen molar-refractivity contribution in [1.82, 2.24) is 5.32 Å². The number of nitrogens with one attached hydrogen (secondary N) is 1. The van der Waals surface area contributed by atoms with Gasteiger partial charge in [-0.3, -0.25) is 0 Å². The Kier molecular flexibility index (Phi) is 5.90. The highest BCUT2D eigenvalue weighted by Gasteiger charge is 2.11. The number of benzene rings is 1. The Morgan fingerprint density at radius 2 is 1.70 bits per heavy atom. The van der Waals surface area contributed by atoms with Crippen LogP contribution >= 0.6 is 0 Å². The van der Waals surface area contributed by atoms with Crippen molar-refractivity contribution in [2.45, 2.75) is 65.3 Å². The van der Waals surface area contributed by atoms with Crippen molar-refractivity contribution in [3.05, 3.63) is 28.8 Å². The Bertz CT molecular complexity index is 398. The summed E-state index contributed by atoms with van der Waals surface area (Å²) >= 11 is 0. The fraction of sp³-hybridized carbons (Fsp3) is 0.667. The Hall–Kier alpha value is -1.02. The molecule has 1 aromatic rings. The first kappa shape index (κ1) is 15.4. The van der Waals surface area contributed by atoms with Gasteiger partial charge in [0.05, 0.1) is 6.61 Å². The minimum absolute atomic E-state index is 0.756. The zero-order valence-electron chi connectivity index (χ0n) is 13.3. The molecular formula is C18H29NO. The molecule has 0 amide bonds. The van der Waals surface area contributed by atoms with Crippen molar-refractivity contribution in [1.29, 1.82) is 0 Å². The molecule has 1 aliphatic carbocycles. The van der Waals surface area contributed by atoms with Gasteiger partial charge in [-0.1, -0.05) is 37.0 Å². The molecule has 2 heteroatoms. The fourth-order valence-corrected chi connectivity index (χ4v) is 3.25. The molecule has 0 spiro atoms. The maximum Gasteiger partial charge on any atom is 0.125 e. The van der Waals surface area contributed by atoms with Gasteiger partial charge in [0.25, 0.3) is 0 Å². The van der Waals surface area contributed by atoms with Crippen LogP contribution in [0.2, 0.25) is 0 Å². The van der Waals surface area contributed by atoms with Gasteiger partial charge >= 0.3 is 0 Å². The molecule has 112 valence electrons. The van der Waals surface area contributed by atoms with Crippen LogP contribution in [0.3, 0.4) is 0 Å². The van der Waals surface area contributed by atoms with E-state index < -0.39 is 0 Å². The van der Waals surface area contributed by atoms with Gasteiger partial charge in [0.1, 0.15) is 5.75 Å². The lowest BCUT2D eigenvalue weighted by molar-refractivity contribution is 0.293. The third-order valence-electron chi connectivity index (χ3n) is 4.21. The molecule has 2 rings (SSSR count). The van der Waals surface area contributed by atoms with Crippen LogP contribution in [0, 0.1) is 20.8 Å². The molecule has 1 saturated carbocycles. The van der Waals surface area contributed by atoms with E-state index in [0.29, 0.717) is 0 Å². The number of rotatable bonds is 6. The second-order valence-electron chi connectivity index (χ2n) is 6.22. The molecule has 1 fully saturated rings. The zero-order valence-corrected chi connectivity index (χ0v) is 13.3. The van der Waals surface area contributed by atoms with Crippen LogP contribution in [0.4, 0.5) is 0 Å². The third kappa shape index (κ3) is 4.52. The van der Waals surface area contributed by atoms with Gasteiger partial charge in [0.15, 0.2) is 0 Å². The van der Waals surface area contributed by atoms with Crippen LogP contribution in [0.15, 0.2) is 12.1 Å². The van der Waals surface area contributed by atoms with Crippen LogP contribution in [0.25, 0.3) is 0 Å². The third-order valence-corrected chi connectivity index (χ3v) is 4.21. The van der Waals surface area contributed by atoms with E-state index in [1.165, 1.54) is 48.8 Å². The van der Waals surface area contributed by atoms with Crippen LogP contribution in [0.1, 0.15) is 55.2 Å². The standard InChI is InChI=1S/C18H29NO/c1-14-12-15(2)18(16(3)13-14)20-11-7-10-19-17-8-5-4-6-9-17/h12-13,17,19H,4-11H2,1-3H3. The van der Waals surface area contributed by atoms with E-state index in [1.807, 2.05) is 0 Å². The summed E-state index contributed by atoms with van der Waals surface area (Å²) in [7, 11) is 0. The van der Waals surface area contributed by atoms with Crippen molar-refractivity contribution < 1.29 is 4.74 Å². The predicted octanol–water partition coefficient (Wildman–Crippen LogP) is 4.30. The second-order valence-corrected chi connectivity index (χ2v) is 6.22. The maximum absolute atomic E-state index is 5.97. The molecule has 0 saturated heterocycles. The maximum atomic E-state index is 5.97. The lowest BCUT2D eigenvalue weighted by Crippen LogP contribution is -2.32. The second kappa shape index (κ2) is 7.68. The number of hydrogen-bond donors (Lipinski definition) is 1. The number of hydrogen-bond acceptors (Lipinski definition) is 2. The highest BCUT2D eigenvalue weighted by molar-refractivity contribution is 5.42. The molecule has 0 heterocycles. The van der Waals surface area contributed by atoms with Gasteiger partial charge in [0.2, 0.25) is 0 Å². The molecule has 20 heavy (non-hydrogen) atoms. The lowest BCUT2D eigenvalue weighted by Gasteiger charge is -2.22. The molecular weight excluding hydrogens is 246 g/mol. The molecule has 0 aromatic heterocycles. The van der Waals surface area contributed by atoms with Gasteiger partial charge in [-0.2, -0.15) is 0 Å². The summed E-state index contributed by atoms with van der Waals surface area (Å²) in [6.07, 6.45) is 8.02. The highest BCUT2D eigenvalue weighted by Crippen LogP contribution is 2.24. The Morgan fingerprint density at radius 3 is 2.35 bits per heavy atom. The topological polar surface area (TPSA) is 21.3 Å². The first-order valence-corrected chi connectivity index (χ1v) is 8.11. The van der Waals surface area contributed by atoms with Gasteiger partial charge in [-0.25, -0.2) is 0 Å². The number of aryl methyl sites for hydroxylation is 3. The van der Waals surface area contributed by atoms with Crippen molar-refractivity contribution in [3.8, 4) is 5.75 Å². The van der Waals surface area contributed by atoms with E-state index in [4.69, 9.17) is 4.74 Å². The van der Waals surface area contributed by atoms with E-state index >= 15 is 0 Å². The van der Waals surface area contributed by atoms with Gasteiger partial charge in [-0.15, -0.1) is 0 Å². The summed E-state index contributed by atoms with van der Waals surface area (Å²) in [5.41, 5.74) is 3.82. The summed E-state index contributed by atoms with van der Waals surface area (Å²) in [4.78, 5) is 0. The Morgan fingerprint density at radius 1 is 1.05 bits per heavy atom. The molecule has 1 N–H and O–H groups in total. The molecule has 0 bridgehead atoms. The Balaban J connectivity index is 1.68. The molecule has 1 aliphatic rings. The normalized spacial score (nSPS) is 16.4. The fourth-order valence-electron chi connectivity index (χ4n) is 3.25. The van der Waals surface area contributed by atoms with Crippen LogP contribution in [-0.2, 0) is 0 Å². The largest absolute Gasteiger partial charge is 0.493 e. The van der Waals surface area contributed by atoms with E-state index in [-0.39, 0.29) is 0 Å². The summed E-state index contributed by atoms with van der Waals surface area (Å²) in [5.74, 6) is 1.08. The van der Waals surface area contributed by atoms with Crippen LogP contribution in [0.5, 0.6) is 5.75 Å². The van der Waals surface area contributed by atoms with E-state index in [0.717, 1.165) is 31.4 Å². The van der Waals surface area contributed by atoms with Crippen LogP contribution in [-0.4, -0.2) is 19.2 Å². The lowest BCUT2D eigenvalue weighted by atomic mass is 9.95. The summed E-state index contributed by atoms with van der Waals surface area (Å²) in [5, 5.41) is 3.67. The summed E-state index contributed by atoms with van der Waals surface area (Å²) < 4.78 is 5.97. The van der Waals surface area contributed by atoms with Gasteiger partial charge < -0.3 is 10.1 Å². The minimum Gasteiger partial charge on any atom is -0.493 e. The van der Waals surface area contributed by atoms with E-state index in [9.17, 15) is 0 Å². The molecule has 2 nitrogen and oxygen atoms in total. The van der Waals surface area contributed by atoms with E-state index in [2.05, 4.69) is 38.2 Å². The first-order chi connectivity index (χ1) is 9.66. The SMILES string of the molecule is Cc1cc(C)c(OCCCNC2CCCCC2)c(C)c1. The van der Waals surface area contributed by atoms with E-state index in [1.54, 1.807) is 0 Å². The van der Waals surface area contributed by atoms with Crippen molar-refractivity contribution >= 4 is 0 Å². The van der Waals surface area contributed by atoms with Gasteiger partial charge in [0, 0.05) is 6.04 Å². The molecule has 0 aliphatic heterocycles. The molecule has 0 atom stereocenters. The van der Waals surface area contributed by atoms with Crippen LogP contribution < -0.4 is 10.1 Å². The zero-order chi connectivity index (χ0) is 14.4. The Labute approximate surface area is 123 Å². The molecule has 1 aromatic carbocycles. The van der Waals surface area contributed by atoms with Crippen molar-refractivity contribution in [2.75, 3.05) is 13.2 Å². The average molecular weight is 275 g/mol. The number of ether oxygens (including phenoxy) is 1.